The maximum atomic E-state index is 11.5. The van der Waals surface area contributed by atoms with Crippen LogP contribution in [0.15, 0.2) is 18.2 Å². The van der Waals surface area contributed by atoms with E-state index in [9.17, 15) is 8.42 Å². The molecule has 0 spiro atoms. The molecule has 1 fully saturated rings. The number of hydrogen-bond acceptors (Lipinski definition) is 2. The summed E-state index contributed by atoms with van der Waals surface area (Å²) in [5, 5.41) is 0.578. The Labute approximate surface area is 94.0 Å². The van der Waals surface area contributed by atoms with Gasteiger partial charge in [-0.25, -0.2) is 0 Å². The number of aryl methyl sites for hydroxylation is 1. The topological polar surface area (TPSA) is 49.4 Å². The molecule has 0 saturated carbocycles. The van der Waals surface area contributed by atoms with Gasteiger partial charge in [-0.05, 0) is 24.6 Å². The lowest BCUT2D eigenvalue weighted by Gasteiger charge is -2.16. The average Bonchev–Trinajstić information content (AvgIpc) is 2.50. The number of nitrogens with zero attached hydrogens (tertiary/aromatic N) is 1. The van der Waals surface area contributed by atoms with Crippen LogP contribution in [0.4, 0.5) is 5.69 Å². The molecule has 1 saturated heterocycles. The summed E-state index contributed by atoms with van der Waals surface area (Å²) in [6.07, 6.45) is 0. The fraction of sp³-hybridized carbons (Fsp3) is 0.333. The fourth-order valence-electron chi connectivity index (χ4n) is 1.48. The summed E-state index contributed by atoms with van der Waals surface area (Å²) < 4.78 is 26.8. The van der Waals surface area contributed by atoms with E-state index in [1.54, 1.807) is 12.1 Å². The minimum absolute atomic E-state index is 0.438. The Kier molecular flexibility index (Phi) is 2.62. The summed E-state index contributed by atoms with van der Waals surface area (Å²) in [7, 11) is -3.35. The van der Waals surface area contributed by atoms with Crippen molar-refractivity contribution in [3.63, 3.8) is 0 Å². The summed E-state index contributed by atoms with van der Waals surface area (Å²) in [6, 6.07) is 5.23. The molecule has 0 unspecified atom stereocenters. The molecule has 15 heavy (non-hydrogen) atoms. The molecule has 0 amide bonds. The van der Waals surface area contributed by atoms with E-state index in [1.807, 2.05) is 13.0 Å². The molecule has 1 heterocycles. The van der Waals surface area contributed by atoms with Crippen LogP contribution in [0.1, 0.15) is 5.56 Å². The van der Waals surface area contributed by atoms with E-state index in [1.165, 1.54) is 4.31 Å². The minimum atomic E-state index is -3.35. The van der Waals surface area contributed by atoms with Gasteiger partial charge in [-0.15, -0.1) is 0 Å². The van der Waals surface area contributed by atoms with Crippen LogP contribution in [0.2, 0.25) is 5.02 Å². The van der Waals surface area contributed by atoms with Crippen molar-refractivity contribution in [2.24, 2.45) is 0 Å². The van der Waals surface area contributed by atoms with Crippen LogP contribution in [-0.2, 0) is 10.2 Å². The second kappa shape index (κ2) is 3.66. The fourth-order valence-corrected chi connectivity index (χ4v) is 2.88. The van der Waals surface area contributed by atoms with E-state index >= 15 is 0 Å². The number of halogens is 1. The Balaban J connectivity index is 2.42. The highest BCUT2D eigenvalue weighted by Gasteiger charge is 2.27. The first-order valence-corrected chi connectivity index (χ1v) is 6.36. The van der Waals surface area contributed by atoms with Crippen LogP contribution < -0.4 is 9.03 Å². The van der Waals surface area contributed by atoms with Crippen molar-refractivity contribution >= 4 is 27.5 Å². The molecule has 0 bridgehead atoms. The second-order valence-electron chi connectivity index (χ2n) is 3.40. The molecule has 2 rings (SSSR count). The van der Waals surface area contributed by atoms with E-state index in [4.69, 9.17) is 11.6 Å². The molecule has 4 nitrogen and oxygen atoms in total. The van der Waals surface area contributed by atoms with E-state index in [0.717, 1.165) is 5.56 Å². The molecular weight excluding hydrogens is 236 g/mol. The van der Waals surface area contributed by atoms with E-state index in [2.05, 4.69) is 4.72 Å². The maximum Gasteiger partial charge on any atom is 0.301 e. The van der Waals surface area contributed by atoms with Gasteiger partial charge >= 0.3 is 10.2 Å². The zero-order valence-corrected chi connectivity index (χ0v) is 9.77. The smallest absolute Gasteiger partial charge is 0.256 e. The average molecular weight is 247 g/mol. The first-order valence-electron chi connectivity index (χ1n) is 4.54. The van der Waals surface area contributed by atoms with Gasteiger partial charge in [-0.2, -0.15) is 13.1 Å². The minimum Gasteiger partial charge on any atom is -0.256 e. The van der Waals surface area contributed by atoms with Gasteiger partial charge in [-0.1, -0.05) is 17.7 Å². The molecule has 1 aromatic carbocycles. The SMILES string of the molecule is Cc1ccc(N2CCNS2(=O)=O)cc1Cl. The third kappa shape index (κ3) is 1.95. The van der Waals surface area contributed by atoms with Crippen LogP contribution in [-0.4, -0.2) is 21.5 Å². The standard InChI is InChI=1S/C9H11ClN2O2S/c1-7-2-3-8(6-9(7)10)12-5-4-11-15(12,13)14/h2-3,6,11H,4-5H2,1H3. The van der Waals surface area contributed by atoms with Crippen molar-refractivity contribution in [2.45, 2.75) is 6.92 Å². The first kappa shape index (κ1) is 10.7. The normalized spacial score (nSPS) is 19.5. The highest BCUT2D eigenvalue weighted by Crippen LogP contribution is 2.25. The van der Waals surface area contributed by atoms with Crippen molar-refractivity contribution in [3.8, 4) is 0 Å². The van der Waals surface area contributed by atoms with Gasteiger partial charge in [0.25, 0.3) is 0 Å². The Morgan fingerprint density at radius 3 is 2.73 bits per heavy atom. The quantitative estimate of drug-likeness (QED) is 0.812. The summed E-state index contributed by atoms with van der Waals surface area (Å²) >= 11 is 5.94. The Morgan fingerprint density at radius 1 is 1.47 bits per heavy atom. The lowest BCUT2D eigenvalue weighted by atomic mass is 10.2. The molecule has 0 aliphatic carbocycles. The number of rotatable bonds is 1. The molecule has 1 aromatic rings. The van der Waals surface area contributed by atoms with Crippen molar-refractivity contribution in [2.75, 3.05) is 17.4 Å². The van der Waals surface area contributed by atoms with Crippen LogP contribution in [0.25, 0.3) is 0 Å². The van der Waals surface area contributed by atoms with E-state index in [0.29, 0.717) is 23.8 Å². The predicted molar refractivity (Wildman–Crippen MR) is 60.5 cm³/mol. The number of anilines is 1. The van der Waals surface area contributed by atoms with Gasteiger partial charge in [-0.3, -0.25) is 4.31 Å². The van der Waals surface area contributed by atoms with Gasteiger partial charge in [0.1, 0.15) is 0 Å². The van der Waals surface area contributed by atoms with Crippen molar-refractivity contribution in [3.05, 3.63) is 28.8 Å². The molecule has 0 atom stereocenters. The van der Waals surface area contributed by atoms with Crippen LogP contribution in [0.3, 0.4) is 0 Å². The lowest BCUT2D eigenvalue weighted by molar-refractivity contribution is 0.591. The largest absolute Gasteiger partial charge is 0.301 e. The molecule has 1 aliphatic heterocycles. The maximum absolute atomic E-state index is 11.5. The Morgan fingerprint density at radius 2 is 2.20 bits per heavy atom. The first-order chi connectivity index (χ1) is 7.00. The zero-order chi connectivity index (χ0) is 11.1. The predicted octanol–water partition coefficient (Wildman–Crippen LogP) is 1.30. The molecule has 0 radical (unpaired) electrons. The monoisotopic (exact) mass is 246 g/mol. The summed E-state index contributed by atoms with van der Waals surface area (Å²) in [6.45, 7) is 2.76. The zero-order valence-electron chi connectivity index (χ0n) is 8.20. The van der Waals surface area contributed by atoms with Crippen LogP contribution >= 0.6 is 11.6 Å². The van der Waals surface area contributed by atoms with E-state index < -0.39 is 10.2 Å². The summed E-state index contributed by atoms with van der Waals surface area (Å²) in [5.74, 6) is 0. The molecule has 0 aromatic heterocycles. The summed E-state index contributed by atoms with van der Waals surface area (Å²) in [5.41, 5.74) is 1.54. The van der Waals surface area contributed by atoms with Crippen LogP contribution in [0, 0.1) is 6.92 Å². The van der Waals surface area contributed by atoms with Gasteiger partial charge in [0.2, 0.25) is 0 Å². The van der Waals surface area contributed by atoms with Gasteiger partial charge in [0, 0.05) is 18.1 Å². The number of nitrogens with one attached hydrogen (secondary N) is 1. The molecular formula is C9H11ClN2O2S. The second-order valence-corrected chi connectivity index (χ2v) is 5.49. The molecule has 1 N–H and O–H groups in total. The van der Waals surface area contributed by atoms with Gasteiger partial charge in [0.15, 0.2) is 0 Å². The lowest BCUT2D eigenvalue weighted by Crippen LogP contribution is -2.29. The van der Waals surface area contributed by atoms with Gasteiger partial charge in [0.05, 0.1) is 5.69 Å². The highest BCUT2D eigenvalue weighted by atomic mass is 35.5. The molecule has 82 valence electrons. The van der Waals surface area contributed by atoms with Crippen molar-refractivity contribution in [1.82, 2.24) is 4.72 Å². The summed E-state index contributed by atoms with van der Waals surface area (Å²) in [4.78, 5) is 0. The Hall–Kier alpha value is -0.780. The Bertz CT molecular complexity index is 487. The molecule has 6 heteroatoms. The molecule has 1 aliphatic rings. The van der Waals surface area contributed by atoms with Crippen molar-refractivity contribution < 1.29 is 8.42 Å². The number of benzene rings is 1. The highest BCUT2D eigenvalue weighted by molar-refractivity contribution is 7.91. The van der Waals surface area contributed by atoms with E-state index in [-0.39, 0.29) is 0 Å². The third-order valence-corrected chi connectivity index (χ3v) is 4.28. The third-order valence-electron chi connectivity index (χ3n) is 2.33. The van der Waals surface area contributed by atoms with Crippen molar-refractivity contribution in [1.29, 1.82) is 0 Å². The van der Waals surface area contributed by atoms with Gasteiger partial charge < -0.3 is 0 Å². The van der Waals surface area contributed by atoms with Crippen LogP contribution in [0.5, 0.6) is 0 Å². The number of hydrogen-bond donors (Lipinski definition) is 1.